The van der Waals surface area contributed by atoms with Crippen molar-refractivity contribution in [1.29, 1.82) is 0 Å². The number of rotatable bonds is 6. The van der Waals surface area contributed by atoms with E-state index >= 15 is 0 Å². The van der Waals surface area contributed by atoms with Crippen LogP contribution in [-0.4, -0.2) is 31.6 Å². The summed E-state index contributed by atoms with van der Waals surface area (Å²) in [6.07, 6.45) is 0.261. The molecular formula is C14H20N2O3. The van der Waals surface area contributed by atoms with Gasteiger partial charge in [-0.05, 0) is 26.0 Å². The third-order valence-electron chi connectivity index (χ3n) is 2.40. The van der Waals surface area contributed by atoms with Gasteiger partial charge in [0.25, 0.3) is 5.91 Å². The fourth-order valence-corrected chi connectivity index (χ4v) is 1.54. The summed E-state index contributed by atoms with van der Waals surface area (Å²) in [5.41, 5.74) is 0.976. The molecule has 0 saturated heterocycles. The van der Waals surface area contributed by atoms with Crippen LogP contribution in [0.25, 0.3) is 0 Å². The zero-order valence-corrected chi connectivity index (χ0v) is 11.5. The lowest BCUT2D eigenvalue weighted by atomic mass is 10.1. The number of carbonyl (C=O) groups excluding carboxylic acids is 2. The quantitative estimate of drug-likeness (QED) is 0.823. The van der Waals surface area contributed by atoms with Crippen molar-refractivity contribution in [2.45, 2.75) is 26.3 Å². The van der Waals surface area contributed by atoms with Gasteiger partial charge in [-0.2, -0.15) is 0 Å². The van der Waals surface area contributed by atoms with Crippen LogP contribution in [-0.2, 0) is 9.53 Å². The molecule has 2 amide bonds. The average molecular weight is 264 g/mol. The van der Waals surface area contributed by atoms with E-state index in [1.54, 1.807) is 24.3 Å². The van der Waals surface area contributed by atoms with Gasteiger partial charge in [0.1, 0.15) is 0 Å². The maximum absolute atomic E-state index is 12.0. The predicted molar refractivity (Wildman–Crippen MR) is 74.2 cm³/mol. The van der Waals surface area contributed by atoms with Gasteiger partial charge in [0.15, 0.2) is 0 Å². The van der Waals surface area contributed by atoms with Crippen LogP contribution >= 0.6 is 0 Å². The third-order valence-corrected chi connectivity index (χ3v) is 2.40. The number of anilines is 1. The molecule has 0 saturated carbocycles. The Morgan fingerprint density at radius 3 is 2.58 bits per heavy atom. The van der Waals surface area contributed by atoms with Gasteiger partial charge in [0, 0.05) is 13.2 Å². The second-order valence-electron chi connectivity index (χ2n) is 4.46. The molecule has 0 heterocycles. The van der Waals surface area contributed by atoms with Crippen molar-refractivity contribution < 1.29 is 14.3 Å². The van der Waals surface area contributed by atoms with E-state index in [9.17, 15) is 9.59 Å². The Morgan fingerprint density at radius 1 is 1.26 bits per heavy atom. The Morgan fingerprint density at radius 2 is 1.95 bits per heavy atom. The lowest BCUT2D eigenvalue weighted by molar-refractivity contribution is -0.117. The van der Waals surface area contributed by atoms with Crippen LogP contribution in [0.15, 0.2) is 24.3 Å². The maximum atomic E-state index is 12.0. The van der Waals surface area contributed by atoms with Crippen LogP contribution < -0.4 is 10.6 Å². The Balaban J connectivity index is 2.78. The molecule has 1 aromatic rings. The Hall–Kier alpha value is -1.88. The molecule has 0 aliphatic carbocycles. The third kappa shape index (κ3) is 5.09. The maximum Gasteiger partial charge on any atom is 0.253 e. The summed E-state index contributed by atoms with van der Waals surface area (Å²) in [5, 5.41) is 5.52. The molecule has 0 spiro atoms. The van der Waals surface area contributed by atoms with Crippen molar-refractivity contribution in [2.24, 2.45) is 0 Å². The van der Waals surface area contributed by atoms with E-state index in [0.29, 0.717) is 17.9 Å². The lowest BCUT2D eigenvalue weighted by Crippen LogP contribution is -2.31. The first-order valence-corrected chi connectivity index (χ1v) is 6.23. The predicted octanol–water partition coefficient (Wildman–Crippen LogP) is 1.80. The van der Waals surface area contributed by atoms with E-state index in [0.717, 1.165) is 0 Å². The number of benzene rings is 1. The van der Waals surface area contributed by atoms with Crippen LogP contribution in [0, 0.1) is 0 Å². The lowest BCUT2D eigenvalue weighted by Gasteiger charge is -2.13. The molecule has 5 heteroatoms. The molecule has 104 valence electrons. The normalized spacial score (nSPS) is 10.3. The van der Waals surface area contributed by atoms with Crippen LogP contribution in [0.4, 0.5) is 5.69 Å². The van der Waals surface area contributed by atoms with Gasteiger partial charge in [-0.25, -0.2) is 0 Å². The molecule has 1 aromatic carbocycles. The fourth-order valence-electron chi connectivity index (χ4n) is 1.54. The molecule has 0 radical (unpaired) electrons. The van der Waals surface area contributed by atoms with E-state index in [2.05, 4.69) is 10.6 Å². The smallest absolute Gasteiger partial charge is 0.253 e. The van der Waals surface area contributed by atoms with Gasteiger partial charge in [-0.15, -0.1) is 0 Å². The number of methoxy groups -OCH3 is 1. The monoisotopic (exact) mass is 264 g/mol. The molecule has 0 aliphatic heterocycles. The van der Waals surface area contributed by atoms with E-state index in [4.69, 9.17) is 4.74 Å². The molecule has 1 rings (SSSR count). The second-order valence-corrected chi connectivity index (χ2v) is 4.46. The molecule has 0 aliphatic rings. The van der Waals surface area contributed by atoms with Gasteiger partial charge in [-0.3, -0.25) is 9.59 Å². The SMILES string of the molecule is COCCC(=O)Nc1ccccc1C(=O)NC(C)C. The molecule has 0 atom stereocenters. The van der Waals surface area contributed by atoms with Gasteiger partial charge in [0.05, 0.1) is 24.3 Å². The number of amides is 2. The zero-order chi connectivity index (χ0) is 14.3. The van der Waals surface area contributed by atoms with Crippen LogP contribution in [0.2, 0.25) is 0 Å². The minimum Gasteiger partial charge on any atom is -0.384 e. The summed E-state index contributed by atoms with van der Waals surface area (Å²) >= 11 is 0. The summed E-state index contributed by atoms with van der Waals surface area (Å²) in [4.78, 5) is 23.6. The highest BCUT2D eigenvalue weighted by Gasteiger charge is 2.13. The largest absolute Gasteiger partial charge is 0.384 e. The topological polar surface area (TPSA) is 67.4 Å². The highest BCUT2D eigenvalue weighted by Crippen LogP contribution is 2.15. The van der Waals surface area contributed by atoms with E-state index in [1.165, 1.54) is 7.11 Å². The van der Waals surface area contributed by atoms with Crippen molar-refractivity contribution in [3.63, 3.8) is 0 Å². The first kappa shape index (κ1) is 15.2. The van der Waals surface area contributed by atoms with E-state index in [1.807, 2.05) is 13.8 Å². The number of para-hydroxylation sites is 1. The average Bonchev–Trinajstić information content (AvgIpc) is 2.36. The van der Waals surface area contributed by atoms with Crippen molar-refractivity contribution in [2.75, 3.05) is 19.0 Å². The summed E-state index contributed by atoms with van der Waals surface area (Å²) in [5.74, 6) is -0.371. The zero-order valence-electron chi connectivity index (χ0n) is 11.5. The van der Waals surface area contributed by atoms with Gasteiger partial charge < -0.3 is 15.4 Å². The van der Waals surface area contributed by atoms with Gasteiger partial charge in [0.2, 0.25) is 5.91 Å². The fraction of sp³-hybridized carbons (Fsp3) is 0.429. The number of ether oxygens (including phenoxy) is 1. The highest BCUT2D eigenvalue weighted by molar-refractivity contribution is 6.03. The highest BCUT2D eigenvalue weighted by atomic mass is 16.5. The minimum atomic E-state index is -0.197. The molecule has 0 aromatic heterocycles. The number of nitrogens with one attached hydrogen (secondary N) is 2. The summed E-state index contributed by atoms with van der Waals surface area (Å²) < 4.78 is 4.84. The molecule has 19 heavy (non-hydrogen) atoms. The Bertz CT molecular complexity index is 444. The molecule has 0 bridgehead atoms. The van der Waals surface area contributed by atoms with Crippen molar-refractivity contribution in [3.05, 3.63) is 29.8 Å². The van der Waals surface area contributed by atoms with Crippen molar-refractivity contribution in [1.82, 2.24) is 5.32 Å². The van der Waals surface area contributed by atoms with Crippen molar-refractivity contribution in [3.8, 4) is 0 Å². The standard InChI is InChI=1S/C14H20N2O3/c1-10(2)15-14(18)11-6-4-5-7-12(11)16-13(17)8-9-19-3/h4-7,10H,8-9H2,1-3H3,(H,15,18)(H,16,17). The minimum absolute atomic E-state index is 0.0461. The van der Waals surface area contributed by atoms with Crippen LogP contribution in [0.5, 0.6) is 0 Å². The van der Waals surface area contributed by atoms with E-state index < -0.39 is 0 Å². The summed E-state index contributed by atoms with van der Waals surface area (Å²) in [6, 6.07) is 6.98. The molecule has 2 N–H and O–H groups in total. The van der Waals surface area contributed by atoms with Crippen LogP contribution in [0.3, 0.4) is 0 Å². The van der Waals surface area contributed by atoms with Crippen molar-refractivity contribution >= 4 is 17.5 Å². The van der Waals surface area contributed by atoms with Gasteiger partial charge in [-0.1, -0.05) is 12.1 Å². The second kappa shape index (κ2) is 7.53. The molecule has 0 unspecified atom stereocenters. The van der Waals surface area contributed by atoms with Gasteiger partial charge >= 0.3 is 0 Å². The Labute approximate surface area is 113 Å². The number of hydrogen-bond donors (Lipinski definition) is 2. The number of carbonyl (C=O) groups is 2. The van der Waals surface area contributed by atoms with E-state index in [-0.39, 0.29) is 24.3 Å². The number of hydrogen-bond acceptors (Lipinski definition) is 3. The first-order chi connectivity index (χ1) is 9.04. The summed E-state index contributed by atoms with van der Waals surface area (Å²) in [6.45, 7) is 4.13. The molecular weight excluding hydrogens is 244 g/mol. The van der Waals surface area contributed by atoms with Crippen LogP contribution in [0.1, 0.15) is 30.6 Å². The molecule has 0 fully saturated rings. The summed E-state index contributed by atoms with van der Waals surface area (Å²) in [7, 11) is 1.54. The molecule has 5 nitrogen and oxygen atoms in total. The first-order valence-electron chi connectivity index (χ1n) is 6.23. The Kier molecular flexibility index (Phi) is 6.02.